The first kappa shape index (κ1) is 18.4. The molecule has 1 fully saturated rings. The summed E-state index contributed by atoms with van der Waals surface area (Å²) in [6, 6.07) is 8.20. The number of aromatic nitrogens is 1. The summed E-state index contributed by atoms with van der Waals surface area (Å²) in [5, 5.41) is 1.20. The standard InChI is InChI=1S/C18H26N2O4S/c1-14-15(2)20(18-7-5-4-6-17(14)18)13-16(24-25(3,21)22)12-19-8-10-23-11-9-19/h4-7,16H,8-13H2,1-3H3. The van der Waals surface area contributed by atoms with Crippen molar-refractivity contribution >= 4 is 21.0 Å². The number of para-hydroxylation sites is 1. The Labute approximate surface area is 149 Å². The van der Waals surface area contributed by atoms with Crippen molar-refractivity contribution in [1.29, 1.82) is 0 Å². The van der Waals surface area contributed by atoms with Gasteiger partial charge in [0, 0.05) is 36.2 Å². The number of hydrogen-bond acceptors (Lipinski definition) is 5. The molecule has 25 heavy (non-hydrogen) atoms. The highest BCUT2D eigenvalue weighted by atomic mass is 32.2. The lowest BCUT2D eigenvalue weighted by atomic mass is 10.2. The van der Waals surface area contributed by atoms with Crippen LogP contribution in [-0.2, 0) is 25.6 Å². The Bertz CT molecular complexity index is 838. The van der Waals surface area contributed by atoms with Gasteiger partial charge in [0.25, 0.3) is 10.1 Å². The van der Waals surface area contributed by atoms with Gasteiger partial charge in [-0.05, 0) is 25.5 Å². The van der Waals surface area contributed by atoms with E-state index < -0.39 is 16.2 Å². The summed E-state index contributed by atoms with van der Waals surface area (Å²) in [6.07, 6.45) is 0.688. The Hall–Kier alpha value is -1.41. The molecule has 0 spiro atoms. The van der Waals surface area contributed by atoms with Gasteiger partial charge in [-0.1, -0.05) is 18.2 Å². The van der Waals surface area contributed by atoms with E-state index in [0.29, 0.717) is 26.3 Å². The summed E-state index contributed by atoms with van der Waals surface area (Å²) in [4.78, 5) is 2.20. The third-order valence-corrected chi connectivity index (χ3v) is 5.43. The molecule has 1 aromatic carbocycles. The number of nitrogens with zero attached hydrogens (tertiary/aromatic N) is 2. The first-order chi connectivity index (χ1) is 11.8. The van der Waals surface area contributed by atoms with Gasteiger partial charge in [0.2, 0.25) is 0 Å². The third-order valence-electron chi connectivity index (χ3n) is 4.81. The monoisotopic (exact) mass is 366 g/mol. The zero-order valence-electron chi connectivity index (χ0n) is 15.1. The van der Waals surface area contributed by atoms with Gasteiger partial charge in [-0.3, -0.25) is 9.08 Å². The summed E-state index contributed by atoms with van der Waals surface area (Å²) >= 11 is 0. The summed E-state index contributed by atoms with van der Waals surface area (Å²) in [7, 11) is -3.52. The van der Waals surface area contributed by atoms with E-state index in [1.807, 2.05) is 12.1 Å². The minimum absolute atomic E-state index is 0.429. The molecule has 2 aromatic rings. The second-order valence-corrected chi connectivity index (χ2v) is 8.27. The fourth-order valence-electron chi connectivity index (χ4n) is 3.48. The van der Waals surface area contributed by atoms with Crippen molar-refractivity contribution in [3.05, 3.63) is 35.5 Å². The van der Waals surface area contributed by atoms with Crippen LogP contribution < -0.4 is 0 Å². The molecule has 6 nitrogen and oxygen atoms in total. The SMILES string of the molecule is Cc1c(C)n(CC(CN2CCOCC2)OS(C)(=O)=O)c2ccccc12. The number of rotatable bonds is 6. The van der Waals surface area contributed by atoms with Gasteiger partial charge in [0.05, 0.1) is 26.0 Å². The fourth-order valence-corrected chi connectivity index (χ4v) is 4.10. The number of aryl methyl sites for hydroxylation is 1. The number of benzene rings is 1. The van der Waals surface area contributed by atoms with E-state index >= 15 is 0 Å². The molecule has 1 aliphatic heterocycles. The summed E-state index contributed by atoms with van der Waals surface area (Å²) in [5.41, 5.74) is 3.48. The number of hydrogen-bond donors (Lipinski definition) is 0. The van der Waals surface area contributed by atoms with Gasteiger partial charge < -0.3 is 9.30 Å². The Morgan fingerprint density at radius 1 is 1.16 bits per heavy atom. The van der Waals surface area contributed by atoms with E-state index in [0.717, 1.165) is 30.6 Å². The summed E-state index contributed by atoms with van der Waals surface area (Å²) in [6.45, 7) is 8.20. The van der Waals surface area contributed by atoms with E-state index in [-0.39, 0.29) is 0 Å². The van der Waals surface area contributed by atoms with Crippen molar-refractivity contribution in [2.24, 2.45) is 0 Å². The van der Waals surface area contributed by atoms with Gasteiger partial charge in [-0.25, -0.2) is 0 Å². The van der Waals surface area contributed by atoms with E-state index in [1.165, 1.54) is 10.9 Å². The van der Waals surface area contributed by atoms with Crippen LogP contribution in [0.25, 0.3) is 10.9 Å². The van der Waals surface area contributed by atoms with Crippen LogP contribution in [0.3, 0.4) is 0 Å². The van der Waals surface area contributed by atoms with Crippen molar-refractivity contribution in [2.45, 2.75) is 26.5 Å². The largest absolute Gasteiger partial charge is 0.379 e. The van der Waals surface area contributed by atoms with Crippen molar-refractivity contribution < 1.29 is 17.3 Å². The number of morpholine rings is 1. The van der Waals surface area contributed by atoms with E-state index in [9.17, 15) is 8.42 Å². The Kier molecular flexibility index (Phi) is 5.48. The molecule has 2 heterocycles. The van der Waals surface area contributed by atoms with Crippen molar-refractivity contribution in [3.8, 4) is 0 Å². The molecule has 1 atom stereocenters. The van der Waals surface area contributed by atoms with Crippen molar-refractivity contribution in [1.82, 2.24) is 9.47 Å². The molecule has 0 radical (unpaired) electrons. The fraction of sp³-hybridized carbons (Fsp3) is 0.556. The maximum atomic E-state index is 11.8. The van der Waals surface area contributed by atoms with Crippen LogP contribution >= 0.6 is 0 Å². The first-order valence-electron chi connectivity index (χ1n) is 8.58. The van der Waals surface area contributed by atoms with E-state index in [2.05, 4.69) is 35.4 Å². The normalized spacial score (nSPS) is 17.9. The minimum atomic E-state index is -3.52. The molecular formula is C18H26N2O4S. The van der Waals surface area contributed by atoms with Crippen LogP contribution in [0.2, 0.25) is 0 Å². The second kappa shape index (κ2) is 7.45. The predicted molar refractivity (Wildman–Crippen MR) is 98.4 cm³/mol. The molecule has 138 valence electrons. The van der Waals surface area contributed by atoms with Crippen LogP contribution in [0.15, 0.2) is 24.3 Å². The number of ether oxygens (including phenoxy) is 1. The quantitative estimate of drug-likeness (QED) is 0.731. The molecular weight excluding hydrogens is 340 g/mol. The molecule has 0 N–H and O–H groups in total. The minimum Gasteiger partial charge on any atom is -0.379 e. The van der Waals surface area contributed by atoms with Crippen LogP contribution in [-0.4, -0.2) is 63.1 Å². The average molecular weight is 366 g/mol. The molecule has 0 bridgehead atoms. The van der Waals surface area contributed by atoms with Gasteiger partial charge in [0.1, 0.15) is 6.10 Å². The van der Waals surface area contributed by atoms with Crippen molar-refractivity contribution in [2.75, 3.05) is 39.1 Å². The molecule has 1 aliphatic rings. The molecule has 1 aromatic heterocycles. The molecule has 0 saturated carbocycles. The van der Waals surface area contributed by atoms with Gasteiger partial charge in [0.15, 0.2) is 0 Å². The van der Waals surface area contributed by atoms with E-state index in [4.69, 9.17) is 8.92 Å². The lowest BCUT2D eigenvalue weighted by Crippen LogP contribution is -2.43. The second-order valence-electron chi connectivity index (χ2n) is 6.67. The van der Waals surface area contributed by atoms with Crippen LogP contribution in [0.5, 0.6) is 0 Å². The lowest BCUT2D eigenvalue weighted by molar-refractivity contribution is 0.0180. The van der Waals surface area contributed by atoms with Gasteiger partial charge in [-0.15, -0.1) is 0 Å². The lowest BCUT2D eigenvalue weighted by Gasteiger charge is -2.30. The Morgan fingerprint density at radius 2 is 1.84 bits per heavy atom. The molecule has 1 saturated heterocycles. The molecule has 7 heteroatoms. The molecule has 0 amide bonds. The van der Waals surface area contributed by atoms with Crippen molar-refractivity contribution in [3.63, 3.8) is 0 Å². The highest BCUT2D eigenvalue weighted by molar-refractivity contribution is 7.86. The highest BCUT2D eigenvalue weighted by Crippen LogP contribution is 2.25. The van der Waals surface area contributed by atoms with Crippen LogP contribution in [0.1, 0.15) is 11.3 Å². The van der Waals surface area contributed by atoms with Gasteiger partial charge in [-0.2, -0.15) is 8.42 Å². The average Bonchev–Trinajstić information content (AvgIpc) is 2.80. The summed E-state index contributed by atoms with van der Waals surface area (Å²) < 4.78 is 36.5. The van der Waals surface area contributed by atoms with Gasteiger partial charge >= 0.3 is 0 Å². The van der Waals surface area contributed by atoms with Crippen LogP contribution in [0.4, 0.5) is 0 Å². The number of fused-ring (bicyclic) bond motifs is 1. The third kappa shape index (κ3) is 4.41. The zero-order valence-corrected chi connectivity index (χ0v) is 15.9. The molecule has 0 aliphatic carbocycles. The smallest absolute Gasteiger partial charge is 0.264 e. The van der Waals surface area contributed by atoms with E-state index in [1.54, 1.807) is 0 Å². The van der Waals surface area contributed by atoms with Crippen LogP contribution in [0, 0.1) is 13.8 Å². The Morgan fingerprint density at radius 3 is 2.52 bits per heavy atom. The molecule has 3 rings (SSSR count). The summed E-state index contributed by atoms with van der Waals surface area (Å²) in [5.74, 6) is 0. The maximum absolute atomic E-state index is 11.8. The maximum Gasteiger partial charge on any atom is 0.264 e. The topological polar surface area (TPSA) is 60.8 Å². The first-order valence-corrected chi connectivity index (χ1v) is 10.4. The Balaban J connectivity index is 1.88. The predicted octanol–water partition coefficient (Wildman–Crippen LogP) is 1.94. The zero-order chi connectivity index (χ0) is 18.0. The highest BCUT2D eigenvalue weighted by Gasteiger charge is 2.23. The molecule has 1 unspecified atom stereocenters.